The second-order valence-electron chi connectivity index (χ2n) is 3.83. The van der Waals surface area contributed by atoms with Crippen molar-refractivity contribution < 1.29 is 9.18 Å². The van der Waals surface area contributed by atoms with Gasteiger partial charge in [0.15, 0.2) is 0 Å². The minimum absolute atomic E-state index is 0.160. The standard InChI is InChI=1S/C12H16BrFN2O/c1-3-8(7-15)12(17)16(2)11-6-9(13)4-5-10(11)14/h4-6,8H,3,7,15H2,1-2H3. The van der Waals surface area contributed by atoms with Gasteiger partial charge in [0, 0.05) is 18.1 Å². The average molecular weight is 303 g/mol. The number of benzene rings is 1. The summed E-state index contributed by atoms with van der Waals surface area (Å²) in [4.78, 5) is 13.4. The van der Waals surface area contributed by atoms with Crippen LogP contribution in [0.3, 0.4) is 0 Å². The van der Waals surface area contributed by atoms with Gasteiger partial charge < -0.3 is 10.6 Å². The molecule has 94 valence electrons. The first-order chi connectivity index (χ1) is 8.01. The van der Waals surface area contributed by atoms with Crippen LogP contribution in [-0.2, 0) is 4.79 Å². The molecule has 0 saturated carbocycles. The van der Waals surface area contributed by atoms with E-state index >= 15 is 0 Å². The number of carbonyl (C=O) groups is 1. The summed E-state index contributed by atoms with van der Waals surface area (Å²) in [5.41, 5.74) is 5.78. The second kappa shape index (κ2) is 6.12. The molecule has 17 heavy (non-hydrogen) atoms. The lowest BCUT2D eigenvalue weighted by atomic mass is 10.1. The van der Waals surface area contributed by atoms with Crippen LogP contribution in [-0.4, -0.2) is 19.5 Å². The zero-order chi connectivity index (χ0) is 13.0. The Morgan fingerprint density at radius 1 is 1.59 bits per heavy atom. The number of anilines is 1. The summed E-state index contributed by atoms with van der Waals surface area (Å²) in [5, 5.41) is 0. The van der Waals surface area contributed by atoms with Crippen molar-refractivity contribution in [3.05, 3.63) is 28.5 Å². The summed E-state index contributed by atoms with van der Waals surface area (Å²) < 4.78 is 14.3. The molecule has 2 N–H and O–H groups in total. The van der Waals surface area contributed by atoms with E-state index < -0.39 is 5.82 Å². The average Bonchev–Trinajstić information content (AvgIpc) is 2.32. The first-order valence-corrected chi connectivity index (χ1v) is 6.23. The van der Waals surface area contributed by atoms with Crippen molar-refractivity contribution in [2.24, 2.45) is 11.7 Å². The molecule has 0 heterocycles. The third kappa shape index (κ3) is 3.26. The molecule has 0 aromatic heterocycles. The molecule has 5 heteroatoms. The van der Waals surface area contributed by atoms with Crippen LogP contribution in [0.15, 0.2) is 22.7 Å². The van der Waals surface area contributed by atoms with Gasteiger partial charge in [-0.25, -0.2) is 4.39 Å². The highest BCUT2D eigenvalue weighted by Crippen LogP contribution is 2.24. The van der Waals surface area contributed by atoms with Gasteiger partial charge in [0.1, 0.15) is 5.82 Å². The van der Waals surface area contributed by atoms with Gasteiger partial charge in [0.2, 0.25) is 5.91 Å². The molecular weight excluding hydrogens is 287 g/mol. The summed E-state index contributed by atoms with van der Waals surface area (Å²) >= 11 is 3.26. The SMILES string of the molecule is CCC(CN)C(=O)N(C)c1cc(Br)ccc1F. The Balaban J connectivity index is 2.99. The van der Waals surface area contributed by atoms with E-state index in [2.05, 4.69) is 15.9 Å². The predicted octanol–water partition coefficient (Wildman–Crippen LogP) is 2.54. The zero-order valence-corrected chi connectivity index (χ0v) is 11.5. The van der Waals surface area contributed by atoms with Gasteiger partial charge in [0.25, 0.3) is 0 Å². The molecule has 0 saturated heterocycles. The lowest BCUT2D eigenvalue weighted by Crippen LogP contribution is -2.36. The highest BCUT2D eigenvalue weighted by Gasteiger charge is 2.22. The maximum atomic E-state index is 13.6. The molecule has 0 bridgehead atoms. The highest BCUT2D eigenvalue weighted by molar-refractivity contribution is 9.10. The van der Waals surface area contributed by atoms with Gasteiger partial charge in [-0.1, -0.05) is 22.9 Å². The zero-order valence-electron chi connectivity index (χ0n) is 9.91. The number of nitrogens with zero attached hydrogens (tertiary/aromatic N) is 1. The van der Waals surface area contributed by atoms with Crippen LogP contribution in [0.2, 0.25) is 0 Å². The summed E-state index contributed by atoms with van der Waals surface area (Å²) in [5.74, 6) is -0.846. The van der Waals surface area contributed by atoms with Crippen LogP contribution in [0.1, 0.15) is 13.3 Å². The van der Waals surface area contributed by atoms with Gasteiger partial charge in [-0.2, -0.15) is 0 Å². The van der Waals surface area contributed by atoms with Crippen molar-refractivity contribution in [3.63, 3.8) is 0 Å². The molecule has 0 aliphatic heterocycles. The van der Waals surface area contributed by atoms with Crippen LogP contribution in [0.25, 0.3) is 0 Å². The number of hydrogen-bond donors (Lipinski definition) is 1. The van der Waals surface area contributed by atoms with Crippen molar-refractivity contribution in [2.45, 2.75) is 13.3 Å². The molecule has 0 spiro atoms. The maximum Gasteiger partial charge on any atom is 0.231 e. The fourth-order valence-electron chi connectivity index (χ4n) is 1.58. The minimum atomic E-state index is -0.420. The molecule has 1 unspecified atom stereocenters. The number of nitrogens with two attached hydrogens (primary N) is 1. The van der Waals surface area contributed by atoms with Crippen LogP contribution in [0.4, 0.5) is 10.1 Å². The monoisotopic (exact) mass is 302 g/mol. The molecule has 0 radical (unpaired) electrons. The normalized spacial score (nSPS) is 12.3. The third-order valence-corrected chi connectivity index (χ3v) is 3.22. The molecule has 3 nitrogen and oxygen atoms in total. The molecular formula is C12H16BrFN2O. The lowest BCUT2D eigenvalue weighted by Gasteiger charge is -2.22. The van der Waals surface area contributed by atoms with Gasteiger partial charge >= 0.3 is 0 Å². The van der Waals surface area contributed by atoms with Crippen LogP contribution in [0, 0.1) is 11.7 Å². The van der Waals surface area contributed by atoms with Gasteiger partial charge in [-0.05, 0) is 24.6 Å². The molecule has 1 aromatic carbocycles. The summed E-state index contributed by atoms with van der Waals surface area (Å²) in [7, 11) is 1.56. The topological polar surface area (TPSA) is 46.3 Å². The largest absolute Gasteiger partial charge is 0.330 e. The summed E-state index contributed by atoms with van der Waals surface area (Å²) in [6, 6.07) is 4.50. The van der Waals surface area contributed by atoms with Crippen molar-refractivity contribution in [1.29, 1.82) is 0 Å². The van der Waals surface area contributed by atoms with E-state index in [9.17, 15) is 9.18 Å². The lowest BCUT2D eigenvalue weighted by molar-refractivity contribution is -0.121. The Bertz CT molecular complexity index is 407. The fourth-order valence-corrected chi connectivity index (χ4v) is 1.93. The summed E-state index contributed by atoms with van der Waals surface area (Å²) in [6.07, 6.45) is 0.648. The highest BCUT2D eigenvalue weighted by atomic mass is 79.9. The van der Waals surface area contributed by atoms with E-state index in [4.69, 9.17) is 5.73 Å². The number of carbonyl (C=O) groups excluding carboxylic acids is 1. The first kappa shape index (κ1) is 14.1. The van der Waals surface area contributed by atoms with E-state index in [1.54, 1.807) is 19.2 Å². The third-order valence-electron chi connectivity index (χ3n) is 2.73. The van der Waals surface area contributed by atoms with Crippen molar-refractivity contribution >= 4 is 27.5 Å². The molecule has 0 aliphatic rings. The molecule has 0 fully saturated rings. The Morgan fingerprint density at radius 2 is 2.24 bits per heavy atom. The first-order valence-electron chi connectivity index (χ1n) is 5.44. The van der Waals surface area contributed by atoms with E-state index in [1.165, 1.54) is 11.0 Å². The number of halogens is 2. The van der Waals surface area contributed by atoms with E-state index in [0.29, 0.717) is 6.42 Å². The van der Waals surface area contributed by atoms with Gasteiger partial charge in [0.05, 0.1) is 11.6 Å². The van der Waals surface area contributed by atoms with E-state index in [-0.39, 0.29) is 24.1 Å². The van der Waals surface area contributed by atoms with Crippen LogP contribution in [0.5, 0.6) is 0 Å². The molecule has 1 rings (SSSR count). The van der Waals surface area contributed by atoms with Crippen LogP contribution < -0.4 is 10.6 Å². The van der Waals surface area contributed by atoms with Crippen LogP contribution >= 0.6 is 15.9 Å². The van der Waals surface area contributed by atoms with Crippen molar-refractivity contribution in [1.82, 2.24) is 0 Å². The predicted molar refractivity (Wildman–Crippen MR) is 70.3 cm³/mol. The van der Waals surface area contributed by atoms with E-state index in [1.807, 2.05) is 6.92 Å². The molecule has 0 aliphatic carbocycles. The Labute approximate surface area is 109 Å². The minimum Gasteiger partial charge on any atom is -0.330 e. The molecule has 1 atom stereocenters. The molecule has 1 aromatic rings. The van der Waals surface area contributed by atoms with Crippen molar-refractivity contribution in [2.75, 3.05) is 18.5 Å². The number of hydrogen-bond acceptors (Lipinski definition) is 2. The number of amides is 1. The fraction of sp³-hybridized carbons (Fsp3) is 0.417. The van der Waals surface area contributed by atoms with Crippen molar-refractivity contribution in [3.8, 4) is 0 Å². The second-order valence-corrected chi connectivity index (χ2v) is 4.75. The Kier molecular flexibility index (Phi) is 5.08. The van der Waals surface area contributed by atoms with Gasteiger partial charge in [-0.3, -0.25) is 4.79 Å². The summed E-state index contributed by atoms with van der Waals surface area (Å²) in [6.45, 7) is 2.16. The smallest absolute Gasteiger partial charge is 0.231 e. The van der Waals surface area contributed by atoms with E-state index in [0.717, 1.165) is 4.47 Å². The quantitative estimate of drug-likeness (QED) is 0.929. The van der Waals surface area contributed by atoms with Gasteiger partial charge in [-0.15, -0.1) is 0 Å². The molecule has 1 amide bonds. The maximum absolute atomic E-state index is 13.6. The number of rotatable bonds is 4. The Morgan fingerprint density at radius 3 is 2.76 bits per heavy atom. The Hall–Kier alpha value is -0.940.